The maximum Gasteiger partial charge on any atom is 0.211 e. The van der Waals surface area contributed by atoms with E-state index in [1.54, 1.807) is 16.8 Å². The largest absolute Gasteiger partial charge is 0.493 e. The van der Waals surface area contributed by atoms with Crippen molar-refractivity contribution in [2.75, 3.05) is 19.6 Å². The first-order valence-corrected chi connectivity index (χ1v) is 12.8. The third-order valence-corrected chi connectivity index (χ3v) is 6.84. The monoisotopic (exact) mass is 494 g/mol. The number of benzene rings is 1. The molecule has 1 aliphatic heterocycles. The van der Waals surface area contributed by atoms with Crippen LogP contribution in [0.5, 0.6) is 11.6 Å². The Morgan fingerprint density at radius 2 is 1.78 bits per heavy atom. The standard InChI is InChI=1S/C29H30N6O2/c1-29(2,19-34-13-4-3-5-14-34)37-21-9-11-25(30-16-21)20-15-31-28-24(17-32-35(28)18-20)22-7-6-8-26-23(22)10-12-27(36)33-26/h6-12,15-18H,3-5,13-14,19H2,1-2H3,(H,33,36). The van der Waals surface area contributed by atoms with E-state index in [-0.39, 0.29) is 11.5 Å². The summed E-state index contributed by atoms with van der Waals surface area (Å²) in [7, 11) is 0. The Labute approximate surface area is 215 Å². The molecule has 0 spiro atoms. The van der Waals surface area contributed by atoms with E-state index in [0.29, 0.717) is 0 Å². The van der Waals surface area contributed by atoms with E-state index in [9.17, 15) is 5.11 Å². The lowest BCUT2D eigenvalue weighted by atomic mass is 10.0. The van der Waals surface area contributed by atoms with E-state index < -0.39 is 0 Å². The molecule has 0 atom stereocenters. The molecule has 0 saturated carbocycles. The minimum Gasteiger partial charge on any atom is -0.493 e. The SMILES string of the molecule is CC(C)(CN1CCCCC1)Oc1ccc(-c2cnc3c(-c4cccc5nc(O)ccc45)cnn3c2)nc1. The first-order valence-electron chi connectivity index (χ1n) is 12.8. The summed E-state index contributed by atoms with van der Waals surface area (Å²) in [6.45, 7) is 7.48. The molecule has 0 bridgehead atoms. The maximum atomic E-state index is 9.75. The van der Waals surface area contributed by atoms with Gasteiger partial charge in [-0.05, 0) is 69.6 Å². The zero-order valence-corrected chi connectivity index (χ0v) is 21.1. The van der Waals surface area contributed by atoms with E-state index in [1.165, 1.54) is 19.3 Å². The van der Waals surface area contributed by atoms with Crippen LogP contribution in [-0.2, 0) is 0 Å². The predicted octanol–water partition coefficient (Wildman–Crippen LogP) is 5.36. The Bertz CT molecular complexity index is 1550. The van der Waals surface area contributed by atoms with E-state index in [1.807, 2.05) is 55.0 Å². The van der Waals surface area contributed by atoms with Crippen LogP contribution in [0.15, 0.2) is 67.3 Å². The summed E-state index contributed by atoms with van der Waals surface area (Å²) in [5.74, 6) is 0.763. The van der Waals surface area contributed by atoms with Gasteiger partial charge in [-0.15, -0.1) is 0 Å². The molecule has 0 radical (unpaired) electrons. The quantitative estimate of drug-likeness (QED) is 0.340. The number of aromatic hydroxyl groups is 1. The molecule has 1 fully saturated rings. The maximum absolute atomic E-state index is 9.75. The second kappa shape index (κ2) is 9.44. The van der Waals surface area contributed by atoms with E-state index in [0.717, 1.165) is 64.3 Å². The van der Waals surface area contributed by atoms with Crippen LogP contribution in [-0.4, -0.2) is 59.8 Å². The number of rotatable bonds is 6. The minimum absolute atomic E-state index is 0.00163. The fourth-order valence-corrected chi connectivity index (χ4v) is 5.19. The van der Waals surface area contributed by atoms with Gasteiger partial charge in [0.05, 0.1) is 23.6 Å². The van der Waals surface area contributed by atoms with E-state index in [2.05, 4.69) is 33.8 Å². The molecule has 8 nitrogen and oxygen atoms in total. The molecule has 0 unspecified atom stereocenters. The minimum atomic E-state index is -0.289. The zero-order valence-electron chi connectivity index (χ0n) is 21.1. The van der Waals surface area contributed by atoms with Crippen LogP contribution >= 0.6 is 0 Å². The molecule has 8 heteroatoms. The average molecular weight is 495 g/mol. The summed E-state index contributed by atoms with van der Waals surface area (Å²) in [6, 6.07) is 13.2. The van der Waals surface area contributed by atoms with Crippen molar-refractivity contribution < 1.29 is 9.84 Å². The molecule has 1 aliphatic rings. The number of hydrogen-bond donors (Lipinski definition) is 1. The molecular formula is C29H30N6O2. The van der Waals surface area contributed by atoms with Crippen LogP contribution in [0, 0.1) is 0 Å². The molecule has 0 aliphatic carbocycles. The van der Waals surface area contributed by atoms with E-state index in [4.69, 9.17) is 9.72 Å². The van der Waals surface area contributed by atoms with Crippen LogP contribution in [0.4, 0.5) is 0 Å². The zero-order chi connectivity index (χ0) is 25.4. The molecule has 6 rings (SSSR count). The third kappa shape index (κ3) is 4.84. The molecular weight excluding hydrogens is 464 g/mol. The molecule has 5 heterocycles. The van der Waals surface area contributed by atoms with Crippen LogP contribution < -0.4 is 4.74 Å². The normalized spacial score (nSPS) is 14.9. The lowest BCUT2D eigenvalue weighted by molar-refractivity contribution is 0.0517. The molecule has 188 valence electrons. The Balaban J connectivity index is 1.23. The predicted molar refractivity (Wildman–Crippen MR) is 144 cm³/mol. The van der Waals surface area contributed by atoms with Crippen molar-refractivity contribution in [1.82, 2.24) is 29.5 Å². The lowest BCUT2D eigenvalue weighted by Crippen LogP contribution is -2.44. The summed E-state index contributed by atoms with van der Waals surface area (Å²) in [6.07, 6.45) is 11.2. The Kier molecular flexibility index (Phi) is 5.96. The molecule has 0 amide bonds. The number of likely N-dealkylation sites (tertiary alicyclic amines) is 1. The smallest absolute Gasteiger partial charge is 0.211 e. The molecule has 1 aromatic carbocycles. The number of pyridine rings is 2. The topological polar surface area (TPSA) is 88.7 Å². The summed E-state index contributed by atoms with van der Waals surface area (Å²) in [5, 5.41) is 15.2. The second-order valence-electron chi connectivity index (χ2n) is 10.3. The van der Waals surface area contributed by atoms with Crippen molar-refractivity contribution in [2.24, 2.45) is 0 Å². The highest BCUT2D eigenvalue weighted by atomic mass is 16.5. The molecule has 1 saturated heterocycles. The van der Waals surface area contributed by atoms with Crippen LogP contribution in [0.25, 0.3) is 38.9 Å². The van der Waals surface area contributed by atoms with Crippen LogP contribution in [0.2, 0.25) is 0 Å². The molecule has 4 aromatic heterocycles. The first kappa shape index (κ1) is 23.4. The van der Waals surface area contributed by atoms with Gasteiger partial charge in [-0.3, -0.25) is 9.88 Å². The number of piperidine rings is 1. The second-order valence-corrected chi connectivity index (χ2v) is 10.3. The molecule has 37 heavy (non-hydrogen) atoms. The van der Waals surface area contributed by atoms with Crippen molar-refractivity contribution in [3.8, 4) is 34.0 Å². The highest BCUT2D eigenvalue weighted by Crippen LogP contribution is 2.32. The van der Waals surface area contributed by atoms with E-state index >= 15 is 0 Å². The van der Waals surface area contributed by atoms with Gasteiger partial charge in [-0.2, -0.15) is 5.10 Å². The highest BCUT2D eigenvalue weighted by molar-refractivity contribution is 5.98. The van der Waals surface area contributed by atoms with Gasteiger partial charge in [-0.1, -0.05) is 18.6 Å². The number of hydrogen-bond acceptors (Lipinski definition) is 7. The highest BCUT2D eigenvalue weighted by Gasteiger charge is 2.25. The summed E-state index contributed by atoms with van der Waals surface area (Å²) >= 11 is 0. The van der Waals surface area contributed by atoms with Crippen molar-refractivity contribution in [2.45, 2.75) is 38.7 Å². The van der Waals surface area contributed by atoms with Gasteiger partial charge >= 0.3 is 0 Å². The van der Waals surface area contributed by atoms with Gasteiger partial charge in [0.25, 0.3) is 0 Å². The van der Waals surface area contributed by atoms with Gasteiger partial charge in [-0.25, -0.2) is 14.5 Å². The molecule has 1 N–H and O–H groups in total. The van der Waals surface area contributed by atoms with Crippen molar-refractivity contribution in [3.63, 3.8) is 0 Å². The van der Waals surface area contributed by atoms with Crippen LogP contribution in [0.3, 0.4) is 0 Å². The third-order valence-electron chi connectivity index (χ3n) is 6.84. The first-order chi connectivity index (χ1) is 17.9. The number of aromatic nitrogens is 5. The van der Waals surface area contributed by atoms with Crippen LogP contribution in [0.1, 0.15) is 33.1 Å². The van der Waals surface area contributed by atoms with Gasteiger partial charge < -0.3 is 9.84 Å². The van der Waals surface area contributed by atoms with Gasteiger partial charge in [0.2, 0.25) is 5.88 Å². The summed E-state index contributed by atoms with van der Waals surface area (Å²) in [5.41, 5.74) is 4.71. The number of ether oxygens (including phenoxy) is 1. The Hall–Kier alpha value is -4.04. The Morgan fingerprint density at radius 1 is 0.919 bits per heavy atom. The van der Waals surface area contributed by atoms with Crippen molar-refractivity contribution in [3.05, 3.63) is 67.3 Å². The van der Waals surface area contributed by atoms with Gasteiger partial charge in [0, 0.05) is 41.5 Å². The number of nitrogens with zero attached hydrogens (tertiary/aromatic N) is 6. The van der Waals surface area contributed by atoms with Crippen molar-refractivity contribution in [1.29, 1.82) is 0 Å². The summed E-state index contributed by atoms with van der Waals surface area (Å²) in [4.78, 5) is 16.1. The van der Waals surface area contributed by atoms with Gasteiger partial charge in [0.1, 0.15) is 11.4 Å². The lowest BCUT2D eigenvalue weighted by Gasteiger charge is -2.35. The Morgan fingerprint density at radius 3 is 2.59 bits per heavy atom. The molecule has 5 aromatic rings. The fraction of sp³-hybridized carbons (Fsp3) is 0.310. The average Bonchev–Trinajstić information content (AvgIpc) is 3.32. The van der Waals surface area contributed by atoms with Crippen molar-refractivity contribution >= 4 is 16.6 Å². The van der Waals surface area contributed by atoms with Gasteiger partial charge in [0.15, 0.2) is 5.65 Å². The fourth-order valence-electron chi connectivity index (χ4n) is 5.19. The number of fused-ring (bicyclic) bond motifs is 2. The summed E-state index contributed by atoms with van der Waals surface area (Å²) < 4.78 is 8.07.